The van der Waals surface area contributed by atoms with Crippen molar-refractivity contribution in [1.82, 2.24) is 5.48 Å². The molecule has 1 aromatic rings. The predicted molar refractivity (Wildman–Crippen MR) is 40.8 cm³/mol. The average Bonchev–Trinajstić information content (AvgIpc) is 2.59. The number of hydrogen-bond donors (Lipinski definition) is 1. The smallest absolute Gasteiger partial charge is 0.0701 e. The normalized spacial score (nSPS) is 25.4. The number of thiophene rings is 1. The zero-order chi connectivity index (χ0) is 6.81. The minimum Gasteiger partial charge on any atom is -0.301 e. The molecule has 0 amide bonds. The fourth-order valence-electron chi connectivity index (χ4n) is 1.09. The Kier molecular flexibility index (Phi) is 1.71. The zero-order valence-corrected chi connectivity index (χ0v) is 6.36. The number of hydroxylamine groups is 1. The van der Waals surface area contributed by atoms with E-state index in [1.54, 1.807) is 11.3 Å². The molecule has 1 atom stereocenters. The third-order valence-corrected chi connectivity index (χ3v) is 2.61. The Morgan fingerprint density at radius 1 is 1.70 bits per heavy atom. The number of nitrogens with one attached hydrogen (secondary N) is 1. The fraction of sp³-hybridized carbons (Fsp3) is 0.429. The van der Waals surface area contributed by atoms with E-state index < -0.39 is 0 Å². The van der Waals surface area contributed by atoms with Crippen LogP contribution in [0.5, 0.6) is 0 Å². The van der Waals surface area contributed by atoms with Crippen LogP contribution in [0, 0.1) is 0 Å². The molecule has 0 bridgehead atoms. The van der Waals surface area contributed by atoms with Crippen molar-refractivity contribution >= 4 is 11.3 Å². The topological polar surface area (TPSA) is 21.3 Å². The highest BCUT2D eigenvalue weighted by atomic mass is 32.1. The molecule has 2 nitrogen and oxygen atoms in total. The molecular weight excluding hydrogens is 146 g/mol. The fourth-order valence-corrected chi connectivity index (χ4v) is 1.89. The molecule has 1 fully saturated rings. The largest absolute Gasteiger partial charge is 0.301 e. The Morgan fingerprint density at radius 3 is 3.30 bits per heavy atom. The van der Waals surface area contributed by atoms with Crippen LogP contribution in [0.25, 0.3) is 0 Å². The van der Waals surface area contributed by atoms with Crippen molar-refractivity contribution in [2.75, 3.05) is 6.61 Å². The molecule has 2 heterocycles. The monoisotopic (exact) mass is 155 g/mol. The molecule has 54 valence electrons. The lowest BCUT2D eigenvalue weighted by atomic mass is 10.2. The van der Waals surface area contributed by atoms with Gasteiger partial charge in [0.05, 0.1) is 12.6 Å². The van der Waals surface area contributed by atoms with Crippen LogP contribution in [0.3, 0.4) is 0 Å². The van der Waals surface area contributed by atoms with Gasteiger partial charge in [-0.25, -0.2) is 0 Å². The molecule has 0 unspecified atom stereocenters. The predicted octanol–water partition coefficient (Wildman–Crippen LogP) is 1.71. The summed E-state index contributed by atoms with van der Waals surface area (Å²) < 4.78 is 0. The lowest BCUT2D eigenvalue weighted by Crippen LogP contribution is -2.09. The molecule has 0 radical (unpaired) electrons. The van der Waals surface area contributed by atoms with Crippen LogP contribution in [0.1, 0.15) is 17.3 Å². The molecule has 3 heteroatoms. The maximum absolute atomic E-state index is 5.04. The van der Waals surface area contributed by atoms with Gasteiger partial charge in [0.1, 0.15) is 0 Å². The molecule has 0 saturated carbocycles. The van der Waals surface area contributed by atoms with Crippen LogP contribution in [-0.2, 0) is 4.84 Å². The summed E-state index contributed by atoms with van der Waals surface area (Å²) in [6.07, 6.45) is 1.10. The van der Waals surface area contributed by atoms with Crippen LogP contribution in [0.4, 0.5) is 0 Å². The maximum Gasteiger partial charge on any atom is 0.0701 e. The Morgan fingerprint density at radius 2 is 2.70 bits per heavy atom. The van der Waals surface area contributed by atoms with E-state index in [0.29, 0.717) is 6.04 Å². The highest BCUT2D eigenvalue weighted by Gasteiger charge is 2.17. The second-order valence-electron chi connectivity index (χ2n) is 2.32. The first-order valence-corrected chi connectivity index (χ1v) is 4.25. The molecule has 0 aromatic carbocycles. The van der Waals surface area contributed by atoms with Gasteiger partial charge in [0.25, 0.3) is 0 Å². The van der Waals surface area contributed by atoms with Gasteiger partial charge in [0, 0.05) is 4.88 Å². The van der Waals surface area contributed by atoms with Crippen LogP contribution >= 0.6 is 11.3 Å². The lowest BCUT2D eigenvalue weighted by Gasteiger charge is -2.02. The first kappa shape index (κ1) is 6.34. The molecule has 1 aliphatic rings. The molecule has 2 rings (SSSR count). The molecule has 0 aliphatic carbocycles. The summed E-state index contributed by atoms with van der Waals surface area (Å²) in [4.78, 5) is 6.41. The van der Waals surface area contributed by atoms with E-state index in [1.165, 1.54) is 4.88 Å². The molecule has 0 spiro atoms. The minimum absolute atomic E-state index is 0.444. The van der Waals surface area contributed by atoms with Gasteiger partial charge >= 0.3 is 0 Å². The Bertz CT molecular complexity index is 191. The second kappa shape index (κ2) is 2.70. The SMILES string of the molecule is c1csc([C@@H]2CCON2)c1. The molecule has 10 heavy (non-hydrogen) atoms. The van der Waals surface area contributed by atoms with Crippen molar-refractivity contribution in [2.24, 2.45) is 0 Å². The minimum atomic E-state index is 0.444. The van der Waals surface area contributed by atoms with Crippen molar-refractivity contribution < 1.29 is 4.84 Å². The second-order valence-corrected chi connectivity index (χ2v) is 3.30. The van der Waals surface area contributed by atoms with E-state index in [0.717, 1.165) is 13.0 Å². The zero-order valence-electron chi connectivity index (χ0n) is 5.54. The van der Waals surface area contributed by atoms with E-state index in [2.05, 4.69) is 23.0 Å². The van der Waals surface area contributed by atoms with Gasteiger partial charge < -0.3 is 4.84 Å². The van der Waals surface area contributed by atoms with Crippen LogP contribution in [0.15, 0.2) is 17.5 Å². The van der Waals surface area contributed by atoms with Gasteiger partial charge in [-0.1, -0.05) is 6.07 Å². The van der Waals surface area contributed by atoms with Crippen LogP contribution in [-0.4, -0.2) is 6.61 Å². The summed E-state index contributed by atoms with van der Waals surface area (Å²) in [5.41, 5.74) is 2.97. The van der Waals surface area contributed by atoms with E-state index in [4.69, 9.17) is 4.84 Å². The van der Waals surface area contributed by atoms with Crippen molar-refractivity contribution in [1.29, 1.82) is 0 Å². The summed E-state index contributed by atoms with van der Waals surface area (Å²) in [5.74, 6) is 0. The van der Waals surface area contributed by atoms with Gasteiger partial charge in [0.2, 0.25) is 0 Å². The molecule has 1 N–H and O–H groups in total. The van der Waals surface area contributed by atoms with Gasteiger partial charge in [-0.15, -0.1) is 11.3 Å². The van der Waals surface area contributed by atoms with Gasteiger partial charge in [-0.2, -0.15) is 5.48 Å². The Hall–Kier alpha value is -0.380. The maximum atomic E-state index is 5.04. The summed E-state index contributed by atoms with van der Waals surface area (Å²) in [5, 5.41) is 2.09. The van der Waals surface area contributed by atoms with Crippen molar-refractivity contribution in [3.8, 4) is 0 Å². The first-order chi connectivity index (χ1) is 4.97. The Balaban J connectivity index is 2.12. The summed E-state index contributed by atoms with van der Waals surface area (Å²) in [6, 6.07) is 4.65. The van der Waals surface area contributed by atoms with E-state index in [9.17, 15) is 0 Å². The summed E-state index contributed by atoms with van der Waals surface area (Å²) in [7, 11) is 0. The van der Waals surface area contributed by atoms with Gasteiger partial charge in [-0.05, 0) is 17.9 Å². The third-order valence-electron chi connectivity index (χ3n) is 1.62. The average molecular weight is 155 g/mol. The highest BCUT2D eigenvalue weighted by Crippen LogP contribution is 2.24. The molecular formula is C7H9NOS. The van der Waals surface area contributed by atoms with Crippen LogP contribution < -0.4 is 5.48 Å². The van der Waals surface area contributed by atoms with Crippen molar-refractivity contribution in [3.63, 3.8) is 0 Å². The third kappa shape index (κ3) is 1.08. The lowest BCUT2D eigenvalue weighted by molar-refractivity contribution is 0.0888. The number of hydrogen-bond acceptors (Lipinski definition) is 3. The highest BCUT2D eigenvalue weighted by molar-refractivity contribution is 7.10. The van der Waals surface area contributed by atoms with Crippen molar-refractivity contribution in [2.45, 2.75) is 12.5 Å². The quantitative estimate of drug-likeness (QED) is 0.666. The first-order valence-electron chi connectivity index (χ1n) is 3.37. The van der Waals surface area contributed by atoms with Gasteiger partial charge in [0.15, 0.2) is 0 Å². The van der Waals surface area contributed by atoms with E-state index in [-0.39, 0.29) is 0 Å². The van der Waals surface area contributed by atoms with E-state index >= 15 is 0 Å². The number of rotatable bonds is 1. The van der Waals surface area contributed by atoms with E-state index in [1.807, 2.05) is 0 Å². The molecule has 1 aromatic heterocycles. The summed E-state index contributed by atoms with van der Waals surface area (Å²) in [6.45, 7) is 0.836. The standard InChI is InChI=1S/C7H9NOS/c1-2-7(10-5-1)6-3-4-9-8-6/h1-2,5-6,8H,3-4H2/t6-/m0/s1. The summed E-state index contributed by atoms with van der Waals surface area (Å²) >= 11 is 1.78. The van der Waals surface area contributed by atoms with Crippen molar-refractivity contribution in [3.05, 3.63) is 22.4 Å². The Labute approximate surface area is 63.8 Å². The van der Waals surface area contributed by atoms with Gasteiger partial charge in [-0.3, -0.25) is 0 Å². The van der Waals surface area contributed by atoms with Crippen LogP contribution in [0.2, 0.25) is 0 Å². The molecule has 1 aliphatic heterocycles. The molecule has 1 saturated heterocycles.